The molecule has 0 unspecified atom stereocenters. The highest BCUT2D eigenvalue weighted by Gasteiger charge is 2.41. The Balaban J connectivity index is 1.24. The van der Waals surface area contributed by atoms with Gasteiger partial charge in [-0.1, -0.05) is 45.0 Å². The van der Waals surface area contributed by atoms with Crippen molar-refractivity contribution >= 4 is 14.3 Å². The van der Waals surface area contributed by atoms with Gasteiger partial charge < -0.3 is 14.2 Å². The molecule has 0 spiro atoms. The number of nitrogens with zero attached hydrogens (tertiary/aromatic N) is 6. The molecule has 0 saturated carbocycles. The summed E-state index contributed by atoms with van der Waals surface area (Å²) in [5, 5.41) is 9.09. The van der Waals surface area contributed by atoms with Crippen LogP contribution in [-0.4, -0.2) is 77.4 Å². The van der Waals surface area contributed by atoms with Gasteiger partial charge in [-0.15, -0.1) is 0 Å². The van der Waals surface area contributed by atoms with E-state index in [0.717, 1.165) is 31.7 Å². The Morgan fingerprint density at radius 1 is 1.00 bits per heavy atom. The molecule has 1 atom stereocenters. The first-order chi connectivity index (χ1) is 20.4. The molecular weight excluding hydrogens is 556 g/mol. The first-order valence-corrected chi connectivity index (χ1v) is 17.9. The molecule has 9 nitrogen and oxygen atoms in total. The Hall–Kier alpha value is -3.78. The molecule has 0 aliphatic carbocycles. The molecule has 1 aromatic carbocycles. The zero-order valence-electron chi connectivity index (χ0n) is 25.9. The van der Waals surface area contributed by atoms with Crippen LogP contribution in [0.5, 0.6) is 0 Å². The fourth-order valence-corrected chi connectivity index (χ4v) is 6.86. The molecule has 2 aromatic heterocycles. The van der Waals surface area contributed by atoms with Crippen molar-refractivity contribution in [3.05, 3.63) is 93.7 Å². The molecule has 0 radical (unpaired) electrons. The van der Waals surface area contributed by atoms with Gasteiger partial charge in [0.15, 0.2) is 8.32 Å². The van der Waals surface area contributed by atoms with Crippen LogP contribution >= 0.6 is 0 Å². The summed E-state index contributed by atoms with van der Waals surface area (Å²) in [4.78, 5) is 36.7. The van der Waals surface area contributed by atoms with Crippen molar-refractivity contribution in [3.63, 3.8) is 0 Å². The van der Waals surface area contributed by atoms with E-state index in [4.69, 9.17) is 9.69 Å². The van der Waals surface area contributed by atoms with E-state index in [1.54, 1.807) is 18.5 Å². The molecule has 5 rings (SSSR count). The van der Waals surface area contributed by atoms with Crippen LogP contribution in [0.1, 0.15) is 43.2 Å². The number of urea groups is 1. The van der Waals surface area contributed by atoms with Gasteiger partial charge in [0.25, 0.3) is 5.56 Å². The van der Waals surface area contributed by atoms with Crippen molar-refractivity contribution in [2.24, 2.45) is 0 Å². The molecule has 2 aliphatic heterocycles. The number of pyridine rings is 2. The van der Waals surface area contributed by atoms with Crippen molar-refractivity contribution in [1.29, 1.82) is 5.26 Å². The first-order valence-electron chi connectivity index (χ1n) is 15.0. The van der Waals surface area contributed by atoms with Crippen LogP contribution in [0.3, 0.4) is 0 Å². The second-order valence-corrected chi connectivity index (χ2v) is 17.9. The summed E-state index contributed by atoms with van der Waals surface area (Å²) in [5.74, 6) is 0. The highest BCUT2D eigenvalue weighted by atomic mass is 28.4. The van der Waals surface area contributed by atoms with Gasteiger partial charge >= 0.3 is 6.03 Å². The number of fused-ring (bicyclic) bond motifs is 1. The number of nitriles is 1. The molecule has 226 valence electrons. The summed E-state index contributed by atoms with van der Waals surface area (Å²) in [6.07, 6.45) is 4.16. The molecule has 1 saturated heterocycles. The molecule has 4 heterocycles. The molecular formula is C33H42N6O3Si. The van der Waals surface area contributed by atoms with E-state index < -0.39 is 8.32 Å². The average Bonchev–Trinajstić information content (AvgIpc) is 3.30. The third kappa shape index (κ3) is 7.07. The Kier molecular flexibility index (Phi) is 8.88. The zero-order valence-corrected chi connectivity index (χ0v) is 26.9. The Labute approximate surface area is 255 Å². The van der Waals surface area contributed by atoms with Crippen molar-refractivity contribution in [1.82, 2.24) is 24.3 Å². The second-order valence-electron chi connectivity index (χ2n) is 13.1. The zero-order chi connectivity index (χ0) is 30.8. The number of hydrogen-bond donors (Lipinski definition) is 0. The largest absolute Gasteiger partial charge is 0.411 e. The van der Waals surface area contributed by atoms with Gasteiger partial charge in [-0.05, 0) is 53.9 Å². The lowest BCUT2D eigenvalue weighted by Crippen LogP contribution is -2.51. The SMILES string of the molecule is CC(C)(C)[Si](C)(C)O[C@H](CN1CCc2ccccc2C1)CN1CCN(Cc2ccc(-n3ccc(C#N)cc3=O)cn2)C1=O. The van der Waals surface area contributed by atoms with E-state index in [1.807, 2.05) is 28.0 Å². The summed E-state index contributed by atoms with van der Waals surface area (Å²) in [5.41, 5.74) is 4.20. The number of carbonyl (C=O) groups is 1. The minimum atomic E-state index is -2.07. The van der Waals surface area contributed by atoms with Crippen LogP contribution in [0.4, 0.5) is 4.79 Å². The van der Waals surface area contributed by atoms with Crippen molar-refractivity contribution in [2.45, 2.75) is 64.5 Å². The number of aromatic nitrogens is 2. The van der Waals surface area contributed by atoms with Gasteiger partial charge in [-0.3, -0.25) is 19.2 Å². The molecule has 3 aromatic rings. The molecule has 1 fully saturated rings. The summed E-state index contributed by atoms with van der Waals surface area (Å²) < 4.78 is 8.41. The van der Waals surface area contributed by atoms with Crippen molar-refractivity contribution in [2.75, 3.05) is 32.7 Å². The smallest absolute Gasteiger partial charge is 0.320 e. The molecule has 10 heteroatoms. The standard InChI is InChI=1S/C33H42N6O3Si/c1-33(2,3)43(4,5)42-30(23-36-14-13-26-8-6-7-9-27(26)21-36)24-38-17-16-37(32(38)41)22-28-10-11-29(20-35-28)39-15-12-25(19-34)18-31(39)40/h6-12,15,18,20,30H,13-14,16-17,21-24H2,1-5H3/t30-/m1/s1. The first kappa shape index (κ1) is 30.7. The van der Waals surface area contributed by atoms with Crippen LogP contribution in [0.2, 0.25) is 18.1 Å². The monoisotopic (exact) mass is 598 g/mol. The predicted octanol–water partition coefficient (Wildman–Crippen LogP) is 4.79. The summed E-state index contributed by atoms with van der Waals surface area (Å²) >= 11 is 0. The lowest BCUT2D eigenvalue weighted by atomic mass is 10.00. The maximum absolute atomic E-state index is 13.6. The maximum Gasteiger partial charge on any atom is 0.320 e. The highest BCUT2D eigenvalue weighted by molar-refractivity contribution is 6.74. The summed E-state index contributed by atoms with van der Waals surface area (Å²) in [7, 11) is -2.07. The number of benzene rings is 1. The lowest BCUT2D eigenvalue weighted by molar-refractivity contribution is 0.0878. The predicted molar refractivity (Wildman–Crippen MR) is 169 cm³/mol. The molecule has 2 amide bonds. The van der Waals surface area contributed by atoms with Crippen LogP contribution in [-0.2, 0) is 23.9 Å². The van der Waals surface area contributed by atoms with Crippen LogP contribution in [0.25, 0.3) is 5.69 Å². The molecule has 2 aliphatic rings. The highest BCUT2D eigenvalue weighted by Crippen LogP contribution is 2.37. The maximum atomic E-state index is 13.6. The normalized spacial score (nSPS) is 16.7. The number of hydrogen-bond acceptors (Lipinski definition) is 6. The molecule has 43 heavy (non-hydrogen) atoms. The minimum absolute atomic E-state index is 0.00186. The second kappa shape index (κ2) is 12.4. The van der Waals surface area contributed by atoms with E-state index in [0.29, 0.717) is 37.4 Å². The quantitative estimate of drug-likeness (QED) is 0.329. The number of carbonyl (C=O) groups excluding carboxylic acids is 1. The van der Waals surface area contributed by atoms with Crippen LogP contribution in [0.15, 0.2) is 65.7 Å². The van der Waals surface area contributed by atoms with Gasteiger partial charge in [0.2, 0.25) is 0 Å². The van der Waals surface area contributed by atoms with E-state index in [-0.39, 0.29) is 22.7 Å². The fourth-order valence-electron chi connectivity index (χ4n) is 5.53. The van der Waals surface area contributed by atoms with Gasteiger partial charge in [-0.2, -0.15) is 5.26 Å². The van der Waals surface area contributed by atoms with Crippen molar-refractivity contribution < 1.29 is 9.22 Å². The van der Waals surface area contributed by atoms with E-state index >= 15 is 0 Å². The van der Waals surface area contributed by atoms with Crippen LogP contribution < -0.4 is 5.56 Å². The van der Waals surface area contributed by atoms with E-state index in [9.17, 15) is 9.59 Å². The van der Waals surface area contributed by atoms with Gasteiger partial charge in [0, 0.05) is 51.5 Å². The van der Waals surface area contributed by atoms with Gasteiger partial charge in [-0.25, -0.2) is 4.79 Å². The Morgan fingerprint density at radius 3 is 2.42 bits per heavy atom. The minimum Gasteiger partial charge on any atom is -0.411 e. The molecule has 0 bridgehead atoms. The summed E-state index contributed by atoms with van der Waals surface area (Å²) in [6, 6.07) is 17.2. The van der Waals surface area contributed by atoms with Crippen LogP contribution in [0, 0.1) is 11.3 Å². The number of rotatable bonds is 9. The number of amides is 2. The average molecular weight is 599 g/mol. The van der Waals surface area contributed by atoms with Crippen molar-refractivity contribution in [3.8, 4) is 11.8 Å². The Bertz CT molecular complexity index is 1560. The fraction of sp³-hybridized carbons (Fsp3) is 0.455. The summed E-state index contributed by atoms with van der Waals surface area (Å²) in [6.45, 7) is 16.3. The van der Waals surface area contributed by atoms with Gasteiger partial charge in [0.05, 0.1) is 41.9 Å². The van der Waals surface area contributed by atoms with E-state index in [2.05, 4.69) is 68.0 Å². The third-order valence-electron chi connectivity index (χ3n) is 9.03. The van der Waals surface area contributed by atoms with Gasteiger partial charge in [0.1, 0.15) is 0 Å². The lowest BCUT2D eigenvalue weighted by Gasteiger charge is -2.42. The molecule has 0 N–H and O–H groups in total. The Morgan fingerprint density at radius 2 is 1.74 bits per heavy atom. The topological polar surface area (TPSA) is 94.7 Å². The van der Waals surface area contributed by atoms with E-state index in [1.165, 1.54) is 21.8 Å². The third-order valence-corrected chi connectivity index (χ3v) is 13.6.